The molecular weight excluding hydrogens is 298 g/mol. The van der Waals surface area contributed by atoms with E-state index < -0.39 is 10.0 Å². The van der Waals surface area contributed by atoms with Gasteiger partial charge in [0.15, 0.2) is 0 Å². The fourth-order valence-corrected chi connectivity index (χ4v) is 3.40. The van der Waals surface area contributed by atoms with Gasteiger partial charge >= 0.3 is 0 Å². The molecule has 0 saturated carbocycles. The fourth-order valence-electron chi connectivity index (χ4n) is 2.31. The highest BCUT2D eigenvalue weighted by atomic mass is 35.5. The molecule has 1 fully saturated rings. The van der Waals surface area contributed by atoms with Crippen LogP contribution in [0.25, 0.3) is 0 Å². The van der Waals surface area contributed by atoms with Crippen LogP contribution in [-0.2, 0) is 23.1 Å². The van der Waals surface area contributed by atoms with Crippen LogP contribution in [-0.4, -0.2) is 50.1 Å². The predicted octanol–water partition coefficient (Wildman–Crippen LogP) is 0.876. The van der Waals surface area contributed by atoms with E-state index in [1.165, 1.54) is 10.6 Å². The lowest BCUT2D eigenvalue weighted by molar-refractivity contribution is 0.182. The molecular formula is C13H20ClN3O2S. The Morgan fingerprint density at radius 1 is 1.25 bits per heavy atom. The molecule has 0 bridgehead atoms. The average molecular weight is 318 g/mol. The van der Waals surface area contributed by atoms with Crippen LogP contribution in [0.3, 0.4) is 0 Å². The van der Waals surface area contributed by atoms with Crippen LogP contribution in [0.2, 0.25) is 5.02 Å². The van der Waals surface area contributed by atoms with Gasteiger partial charge in [0.05, 0.1) is 6.26 Å². The summed E-state index contributed by atoms with van der Waals surface area (Å²) in [6, 6.07) is 5.87. The number of piperazine rings is 1. The first-order chi connectivity index (χ1) is 9.40. The lowest BCUT2D eigenvalue weighted by Crippen LogP contribution is -2.47. The fraction of sp³-hybridized carbons (Fsp3) is 0.538. The zero-order valence-corrected chi connectivity index (χ0v) is 13.1. The van der Waals surface area contributed by atoms with Gasteiger partial charge in [0.1, 0.15) is 0 Å². The molecule has 1 aliphatic rings. The summed E-state index contributed by atoms with van der Waals surface area (Å²) in [4.78, 5) is 2.21. The molecule has 1 heterocycles. The van der Waals surface area contributed by atoms with Gasteiger partial charge in [-0.05, 0) is 17.2 Å². The largest absolute Gasteiger partial charge is 0.326 e. The van der Waals surface area contributed by atoms with E-state index in [9.17, 15) is 8.42 Å². The lowest BCUT2D eigenvalue weighted by atomic mass is 10.1. The maximum atomic E-state index is 11.5. The van der Waals surface area contributed by atoms with E-state index in [1.807, 2.05) is 18.2 Å². The second-order valence-corrected chi connectivity index (χ2v) is 7.46. The van der Waals surface area contributed by atoms with Gasteiger partial charge in [-0.2, -0.15) is 4.31 Å². The zero-order valence-electron chi connectivity index (χ0n) is 11.5. The number of halogens is 1. The molecule has 112 valence electrons. The minimum atomic E-state index is -3.07. The molecule has 1 aliphatic heterocycles. The van der Waals surface area contributed by atoms with Crippen molar-refractivity contribution in [1.29, 1.82) is 0 Å². The van der Waals surface area contributed by atoms with Crippen molar-refractivity contribution in [3.8, 4) is 0 Å². The molecule has 1 aromatic rings. The van der Waals surface area contributed by atoms with Gasteiger partial charge in [-0.3, -0.25) is 4.90 Å². The smallest absolute Gasteiger partial charge is 0.211 e. The molecule has 7 heteroatoms. The van der Waals surface area contributed by atoms with Crippen LogP contribution in [0, 0.1) is 0 Å². The Morgan fingerprint density at radius 2 is 1.90 bits per heavy atom. The monoisotopic (exact) mass is 317 g/mol. The van der Waals surface area contributed by atoms with Crippen molar-refractivity contribution in [1.82, 2.24) is 9.21 Å². The number of hydrogen-bond acceptors (Lipinski definition) is 4. The topological polar surface area (TPSA) is 66.6 Å². The van der Waals surface area contributed by atoms with E-state index in [4.69, 9.17) is 17.3 Å². The number of nitrogens with two attached hydrogens (primary N) is 1. The first-order valence-corrected chi connectivity index (χ1v) is 8.77. The average Bonchev–Trinajstić information content (AvgIpc) is 2.40. The van der Waals surface area contributed by atoms with Gasteiger partial charge in [-0.25, -0.2) is 8.42 Å². The normalized spacial score (nSPS) is 18.4. The Bertz CT molecular complexity index is 569. The maximum absolute atomic E-state index is 11.5. The molecule has 5 nitrogen and oxygen atoms in total. The van der Waals surface area contributed by atoms with Crippen molar-refractivity contribution in [2.75, 3.05) is 32.4 Å². The van der Waals surface area contributed by atoms with Gasteiger partial charge in [0, 0.05) is 44.3 Å². The summed E-state index contributed by atoms with van der Waals surface area (Å²) in [7, 11) is -3.07. The van der Waals surface area contributed by atoms with Crippen LogP contribution < -0.4 is 5.73 Å². The van der Waals surface area contributed by atoms with Crippen molar-refractivity contribution < 1.29 is 8.42 Å². The van der Waals surface area contributed by atoms with E-state index in [1.54, 1.807) is 0 Å². The molecule has 0 amide bonds. The summed E-state index contributed by atoms with van der Waals surface area (Å²) in [5, 5.41) is 0.721. The van der Waals surface area contributed by atoms with Crippen molar-refractivity contribution in [3.63, 3.8) is 0 Å². The molecule has 0 aliphatic carbocycles. The van der Waals surface area contributed by atoms with E-state index in [0.717, 1.165) is 35.8 Å². The minimum Gasteiger partial charge on any atom is -0.326 e. The quantitative estimate of drug-likeness (QED) is 0.895. The molecule has 0 atom stereocenters. The number of benzene rings is 1. The highest BCUT2D eigenvalue weighted by Crippen LogP contribution is 2.20. The third kappa shape index (κ3) is 3.93. The number of nitrogens with zero attached hydrogens (tertiary/aromatic N) is 2. The summed E-state index contributed by atoms with van der Waals surface area (Å²) in [5.74, 6) is 0. The van der Waals surface area contributed by atoms with Crippen molar-refractivity contribution in [3.05, 3.63) is 34.3 Å². The van der Waals surface area contributed by atoms with Gasteiger partial charge in [-0.15, -0.1) is 0 Å². The molecule has 0 spiro atoms. The summed E-state index contributed by atoms with van der Waals surface area (Å²) >= 11 is 6.24. The summed E-state index contributed by atoms with van der Waals surface area (Å²) in [5.41, 5.74) is 7.64. The van der Waals surface area contributed by atoms with Crippen molar-refractivity contribution in [2.45, 2.75) is 13.1 Å². The van der Waals surface area contributed by atoms with E-state index in [-0.39, 0.29) is 0 Å². The van der Waals surface area contributed by atoms with Crippen LogP contribution >= 0.6 is 11.6 Å². The van der Waals surface area contributed by atoms with Gasteiger partial charge in [0.2, 0.25) is 10.0 Å². The van der Waals surface area contributed by atoms with E-state index in [0.29, 0.717) is 19.6 Å². The predicted molar refractivity (Wildman–Crippen MR) is 81.0 cm³/mol. The minimum absolute atomic E-state index is 0.479. The van der Waals surface area contributed by atoms with Gasteiger partial charge in [-0.1, -0.05) is 23.7 Å². The van der Waals surface area contributed by atoms with Crippen molar-refractivity contribution >= 4 is 21.6 Å². The summed E-state index contributed by atoms with van der Waals surface area (Å²) in [6.07, 6.45) is 1.26. The van der Waals surface area contributed by atoms with E-state index >= 15 is 0 Å². The Balaban J connectivity index is 1.96. The lowest BCUT2D eigenvalue weighted by Gasteiger charge is -2.33. The second-order valence-electron chi connectivity index (χ2n) is 5.07. The molecule has 0 unspecified atom stereocenters. The molecule has 1 saturated heterocycles. The first-order valence-electron chi connectivity index (χ1n) is 6.55. The molecule has 20 heavy (non-hydrogen) atoms. The molecule has 0 aromatic heterocycles. The SMILES string of the molecule is CS(=O)(=O)N1CCN(Cc2ccc(CN)cc2Cl)CC1. The zero-order chi connectivity index (χ0) is 14.8. The van der Waals surface area contributed by atoms with E-state index in [2.05, 4.69) is 4.90 Å². The van der Waals surface area contributed by atoms with Crippen molar-refractivity contribution in [2.24, 2.45) is 5.73 Å². The second kappa shape index (κ2) is 6.41. The Labute approximate surface area is 125 Å². The Kier molecular flexibility index (Phi) is 5.04. The van der Waals surface area contributed by atoms with Gasteiger partial charge in [0.25, 0.3) is 0 Å². The molecule has 2 N–H and O–H groups in total. The highest BCUT2D eigenvalue weighted by Gasteiger charge is 2.23. The molecule has 2 rings (SSSR count). The number of sulfonamides is 1. The standard InChI is InChI=1S/C13H20ClN3O2S/c1-20(18,19)17-6-4-16(5-7-17)10-12-3-2-11(9-15)8-13(12)14/h2-3,8H,4-7,9-10,15H2,1H3. The first kappa shape index (κ1) is 15.7. The Morgan fingerprint density at radius 3 is 2.40 bits per heavy atom. The number of rotatable bonds is 4. The maximum Gasteiger partial charge on any atom is 0.211 e. The highest BCUT2D eigenvalue weighted by molar-refractivity contribution is 7.88. The van der Waals surface area contributed by atoms with Crippen LogP contribution in [0.15, 0.2) is 18.2 Å². The summed E-state index contributed by atoms with van der Waals surface area (Å²) < 4.78 is 24.4. The molecule has 1 aromatic carbocycles. The Hall–Kier alpha value is -0.660. The third-order valence-electron chi connectivity index (χ3n) is 3.55. The van der Waals surface area contributed by atoms with Crippen LogP contribution in [0.1, 0.15) is 11.1 Å². The van der Waals surface area contributed by atoms with Crippen LogP contribution in [0.5, 0.6) is 0 Å². The number of hydrogen-bond donors (Lipinski definition) is 1. The van der Waals surface area contributed by atoms with Crippen LogP contribution in [0.4, 0.5) is 0 Å². The third-order valence-corrected chi connectivity index (χ3v) is 5.20. The molecule has 0 radical (unpaired) electrons. The summed E-state index contributed by atoms with van der Waals surface area (Å²) in [6.45, 7) is 3.74. The van der Waals surface area contributed by atoms with Gasteiger partial charge < -0.3 is 5.73 Å².